The Kier molecular flexibility index (Phi) is 7.72. The Bertz CT molecular complexity index is 422. The van der Waals surface area contributed by atoms with Gasteiger partial charge in [-0.15, -0.1) is 0 Å². The second-order valence-electron chi connectivity index (χ2n) is 4.23. The van der Waals surface area contributed by atoms with E-state index in [0.29, 0.717) is 37.2 Å². The number of rotatable bonds is 8. The number of carbonyl (C=O) groups excluding carboxylic acids is 1. The van der Waals surface area contributed by atoms with Gasteiger partial charge in [0.15, 0.2) is 0 Å². The van der Waals surface area contributed by atoms with E-state index in [1.165, 1.54) is 6.07 Å². The quantitative estimate of drug-likeness (QED) is 0.678. The van der Waals surface area contributed by atoms with E-state index < -0.39 is 5.82 Å². The van der Waals surface area contributed by atoms with Crippen LogP contribution in [0.3, 0.4) is 0 Å². The van der Waals surface area contributed by atoms with Crippen molar-refractivity contribution in [2.24, 2.45) is 0 Å². The summed E-state index contributed by atoms with van der Waals surface area (Å²) in [6, 6.07) is 4.49. The highest BCUT2D eigenvalue weighted by atomic mass is 79.9. The molecule has 0 unspecified atom stereocenters. The molecule has 0 saturated heterocycles. The molecule has 0 aliphatic carbocycles. The van der Waals surface area contributed by atoms with Crippen molar-refractivity contribution in [1.82, 2.24) is 4.90 Å². The number of amides is 1. The third-order valence-electron chi connectivity index (χ3n) is 2.81. The summed E-state index contributed by atoms with van der Waals surface area (Å²) in [4.78, 5) is 14.0. The molecule has 0 aliphatic heterocycles. The van der Waals surface area contributed by atoms with E-state index >= 15 is 0 Å². The van der Waals surface area contributed by atoms with E-state index in [-0.39, 0.29) is 11.5 Å². The minimum Gasteiger partial charge on any atom is -0.385 e. The Balaban J connectivity index is 2.85. The molecule has 0 aliphatic rings. The maximum atomic E-state index is 13.8. The van der Waals surface area contributed by atoms with Crippen LogP contribution in [-0.4, -0.2) is 51.3 Å². The second-order valence-corrected chi connectivity index (χ2v) is 5.08. The zero-order chi connectivity index (χ0) is 15.0. The Labute approximate surface area is 127 Å². The molecule has 0 N–H and O–H groups in total. The lowest BCUT2D eigenvalue weighted by atomic mass is 10.2. The van der Waals surface area contributed by atoms with E-state index in [9.17, 15) is 9.18 Å². The summed E-state index contributed by atoms with van der Waals surface area (Å²) in [5, 5.41) is 0. The fourth-order valence-electron chi connectivity index (χ4n) is 1.78. The fraction of sp³-hybridized carbons (Fsp3) is 0.500. The van der Waals surface area contributed by atoms with Crippen LogP contribution >= 0.6 is 15.9 Å². The van der Waals surface area contributed by atoms with Crippen LogP contribution in [0.2, 0.25) is 0 Å². The summed E-state index contributed by atoms with van der Waals surface area (Å²) >= 11 is 3.22. The van der Waals surface area contributed by atoms with Crippen LogP contribution in [0.4, 0.5) is 4.39 Å². The molecule has 112 valence electrons. The van der Waals surface area contributed by atoms with Gasteiger partial charge in [0.05, 0.1) is 12.2 Å². The van der Waals surface area contributed by atoms with E-state index in [1.54, 1.807) is 31.3 Å². The van der Waals surface area contributed by atoms with E-state index in [1.807, 2.05) is 0 Å². The molecule has 4 nitrogen and oxygen atoms in total. The molecule has 6 heteroatoms. The van der Waals surface area contributed by atoms with Crippen molar-refractivity contribution in [2.45, 2.75) is 6.42 Å². The van der Waals surface area contributed by atoms with Gasteiger partial charge in [-0.05, 0) is 34.5 Å². The monoisotopic (exact) mass is 347 g/mol. The van der Waals surface area contributed by atoms with Gasteiger partial charge in [0, 0.05) is 38.4 Å². The highest BCUT2D eigenvalue weighted by Gasteiger charge is 2.21. The zero-order valence-corrected chi connectivity index (χ0v) is 13.3. The predicted octanol–water partition coefficient (Wildman–Crippen LogP) is 2.71. The van der Waals surface area contributed by atoms with Crippen LogP contribution in [0, 0.1) is 5.82 Å². The summed E-state index contributed by atoms with van der Waals surface area (Å²) in [6.07, 6.45) is 0.692. The van der Waals surface area contributed by atoms with Crippen LogP contribution < -0.4 is 0 Å². The summed E-state index contributed by atoms with van der Waals surface area (Å²) in [7, 11) is 3.17. The molecule has 0 fully saturated rings. The minimum absolute atomic E-state index is 0.0565. The van der Waals surface area contributed by atoms with Crippen LogP contribution in [0.15, 0.2) is 22.7 Å². The molecule has 0 heterocycles. The van der Waals surface area contributed by atoms with Crippen molar-refractivity contribution in [1.29, 1.82) is 0 Å². The van der Waals surface area contributed by atoms with Crippen LogP contribution in [-0.2, 0) is 9.47 Å². The van der Waals surface area contributed by atoms with Gasteiger partial charge in [-0.2, -0.15) is 0 Å². The van der Waals surface area contributed by atoms with Crippen molar-refractivity contribution in [3.8, 4) is 0 Å². The number of hydrogen-bond acceptors (Lipinski definition) is 3. The average molecular weight is 348 g/mol. The first-order chi connectivity index (χ1) is 9.61. The largest absolute Gasteiger partial charge is 0.385 e. The molecule has 20 heavy (non-hydrogen) atoms. The number of hydrogen-bond donors (Lipinski definition) is 0. The van der Waals surface area contributed by atoms with Gasteiger partial charge in [-0.1, -0.05) is 6.07 Å². The number of ether oxygens (including phenoxy) is 2. The summed E-state index contributed by atoms with van der Waals surface area (Å²) in [6.45, 7) is 1.87. The number of methoxy groups -OCH3 is 2. The molecular formula is C14H19BrFNO3. The Morgan fingerprint density at radius 1 is 1.25 bits per heavy atom. The summed E-state index contributed by atoms with van der Waals surface area (Å²) in [5.41, 5.74) is 0.0565. The van der Waals surface area contributed by atoms with Crippen molar-refractivity contribution < 1.29 is 18.7 Å². The lowest BCUT2D eigenvalue weighted by Crippen LogP contribution is -2.36. The van der Waals surface area contributed by atoms with Gasteiger partial charge in [0.1, 0.15) is 5.82 Å². The van der Waals surface area contributed by atoms with Crippen LogP contribution in [0.25, 0.3) is 0 Å². The smallest absolute Gasteiger partial charge is 0.258 e. The van der Waals surface area contributed by atoms with E-state index in [2.05, 4.69) is 15.9 Å². The first-order valence-corrected chi connectivity index (χ1v) is 7.12. The Morgan fingerprint density at radius 2 is 1.95 bits per heavy atom. The summed E-state index contributed by atoms with van der Waals surface area (Å²) < 4.78 is 24.3. The molecule has 1 amide bonds. The highest BCUT2D eigenvalue weighted by Crippen LogP contribution is 2.21. The molecule has 1 aromatic rings. The Morgan fingerprint density at radius 3 is 2.55 bits per heavy atom. The van der Waals surface area contributed by atoms with Gasteiger partial charge < -0.3 is 14.4 Å². The van der Waals surface area contributed by atoms with Gasteiger partial charge in [-0.25, -0.2) is 4.39 Å². The SMILES string of the molecule is COCCCN(CCOC)C(=O)c1c(F)cccc1Br. The topological polar surface area (TPSA) is 38.8 Å². The number of benzene rings is 1. The highest BCUT2D eigenvalue weighted by molar-refractivity contribution is 9.10. The van der Waals surface area contributed by atoms with Crippen molar-refractivity contribution >= 4 is 21.8 Å². The number of nitrogens with zero attached hydrogens (tertiary/aromatic N) is 1. The maximum absolute atomic E-state index is 13.8. The normalized spacial score (nSPS) is 10.6. The molecule has 0 aromatic heterocycles. The third kappa shape index (κ3) is 4.85. The first kappa shape index (κ1) is 17.1. The fourth-order valence-corrected chi connectivity index (χ4v) is 2.29. The van der Waals surface area contributed by atoms with E-state index in [0.717, 1.165) is 0 Å². The molecule has 0 radical (unpaired) electrons. The van der Waals surface area contributed by atoms with Gasteiger partial charge >= 0.3 is 0 Å². The lowest BCUT2D eigenvalue weighted by Gasteiger charge is -2.23. The number of halogens is 2. The summed E-state index contributed by atoms with van der Waals surface area (Å²) in [5.74, 6) is -0.873. The van der Waals surface area contributed by atoms with Gasteiger partial charge in [0.2, 0.25) is 0 Å². The van der Waals surface area contributed by atoms with Crippen molar-refractivity contribution in [3.63, 3.8) is 0 Å². The number of carbonyl (C=O) groups is 1. The average Bonchev–Trinajstić information content (AvgIpc) is 2.42. The Hall–Kier alpha value is -0.980. The van der Waals surface area contributed by atoms with Crippen LogP contribution in [0.1, 0.15) is 16.8 Å². The second kappa shape index (κ2) is 9.05. The molecule has 0 spiro atoms. The molecule has 0 atom stereocenters. The molecular weight excluding hydrogens is 329 g/mol. The standard InChI is InChI=1S/C14H19BrFNO3/c1-19-9-4-7-17(8-10-20-2)14(18)13-11(15)5-3-6-12(13)16/h3,5-6H,4,7-10H2,1-2H3. The van der Waals surface area contributed by atoms with Crippen molar-refractivity contribution in [2.75, 3.05) is 40.5 Å². The lowest BCUT2D eigenvalue weighted by molar-refractivity contribution is 0.0668. The van der Waals surface area contributed by atoms with E-state index in [4.69, 9.17) is 9.47 Å². The molecule has 1 aromatic carbocycles. The third-order valence-corrected chi connectivity index (χ3v) is 3.47. The van der Waals surface area contributed by atoms with Gasteiger partial charge in [-0.3, -0.25) is 4.79 Å². The first-order valence-electron chi connectivity index (χ1n) is 6.33. The zero-order valence-electron chi connectivity index (χ0n) is 11.7. The van der Waals surface area contributed by atoms with Gasteiger partial charge in [0.25, 0.3) is 5.91 Å². The van der Waals surface area contributed by atoms with Crippen molar-refractivity contribution in [3.05, 3.63) is 34.1 Å². The minimum atomic E-state index is -0.529. The molecule has 1 rings (SSSR count). The maximum Gasteiger partial charge on any atom is 0.258 e. The van der Waals surface area contributed by atoms with Crippen LogP contribution in [0.5, 0.6) is 0 Å². The molecule has 0 saturated carbocycles. The predicted molar refractivity (Wildman–Crippen MR) is 78.4 cm³/mol. The molecule has 0 bridgehead atoms.